The van der Waals surface area contributed by atoms with Gasteiger partial charge in [0.15, 0.2) is 29.7 Å². The zero-order valence-electron chi connectivity index (χ0n) is 15.1. The van der Waals surface area contributed by atoms with Crippen LogP contribution in [0.4, 0.5) is 0 Å². The number of carbonyl (C=O) groups excluding carboxylic acids is 3. The quantitative estimate of drug-likeness (QED) is 0.472. The van der Waals surface area contributed by atoms with Gasteiger partial charge in [-0.3, -0.25) is 14.4 Å². The fourth-order valence-electron chi connectivity index (χ4n) is 2.63. The molecular weight excluding hydrogens is 428 g/mol. The summed E-state index contributed by atoms with van der Waals surface area (Å²) in [6.07, 6.45) is 0.719. The van der Waals surface area contributed by atoms with Crippen LogP contribution in [-0.4, -0.2) is 37.4 Å². The van der Waals surface area contributed by atoms with Gasteiger partial charge < -0.3 is 14.2 Å². The van der Waals surface area contributed by atoms with Gasteiger partial charge in [0.2, 0.25) is 0 Å². The summed E-state index contributed by atoms with van der Waals surface area (Å²) in [5.41, 5.74) is 0.905. The lowest BCUT2D eigenvalue weighted by Gasteiger charge is -2.09. The highest BCUT2D eigenvalue weighted by Gasteiger charge is 2.16. The molecule has 1 aliphatic rings. The van der Waals surface area contributed by atoms with Crippen molar-refractivity contribution in [1.29, 1.82) is 0 Å². The molecule has 2 aromatic carbocycles. The van der Waals surface area contributed by atoms with Crippen LogP contribution in [0.15, 0.2) is 46.9 Å². The summed E-state index contributed by atoms with van der Waals surface area (Å²) in [5, 5.41) is 0. The monoisotopic (exact) mass is 446 g/mol. The lowest BCUT2D eigenvalue weighted by atomic mass is 10.1. The predicted molar refractivity (Wildman–Crippen MR) is 105 cm³/mol. The maximum absolute atomic E-state index is 12.3. The summed E-state index contributed by atoms with van der Waals surface area (Å²) in [6, 6.07) is 11.8. The Kier molecular flexibility index (Phi) is 6.81. The van der Waals surface area contributed by atoms with Crippen LogP contribution in [0.3, 0.4) is 0 Å². The third-order valence-corrected chi connectivity index (χ3v) is 4.68. The third kappa shape index (κ3) is 5.42. The molecule has 7 heteroatoms. The molecule has 0 saturated heterocycles. The van der Waals surface area contributed by atoms with Crippen molar-refractivity contribution in [3.63, 3.8) is 0 Å². The Morgan fingerprint density at radius 2 is 1.54 bits per heavy atom. The number of benzene rings is 2. The van der Waals surface area contributed by atoms with E-state index in [2.05, 4.69) is 15.9 Å². The van der Waals surface area contributed by atoms with Crippen LogP contribution in [0.5, 0.6) is 11.5 Å². The molecule has 0 aliphatic carbocycles. The lowest BCUT2D eigenvalue weighted by molar-refractivity contribution is -0.142. The Hall–Kier alpha value is -2.67. The van der Waals surface area contributed by atoms with Crippen LogP contribution < -0.4 is 9.47 Å². The first-order valence-electron chi connectivity index (χ1n) is 8.90. The number of hydrogen-bond acceptors (Lipinski definition) is 6. The Balaban J connectivity index is 1.47. The van der Waals surface area contributed by atoms with E-state index in [1.54, 1.807) is 42.5 Å². The van der Waals surface area contributed by atoms with E-state index < -0.39 is 5.97 Å². The number of Topliss-reactive ketones (excluding diaryl/α,β-unsaturated/α-hetero) is 2. The lowest BCUT2D eigenvalue weighted by Crippen LogP contribution is -2.15. The predicted octanol–water partition coefficient (Wildman–Crippen LogP) is 4.00. The van der Waals surface area contributed by atoms with E-state index >= 15 is 0 Å². The Labute approximate surface area is 170 Å². The van der Waals surface area contributed by atoms with Gasteiger partial charge in [-0.1, -0.05) is 28.1 Å². The van der Waals surface area contributed by atoms with Gasteiger partial charge in [-0.2, -0.15) is 0 Å². The minimum absolute atomic E-state index is 0.0265. The molecule has 1 heterocycles. The first kappa shape index (κ1) is 20.1. The van der Waals surface area contributed by atoms with Crippen LogP contribution in [-0.2, 0) is 9.53 Å². The van der Waals surface area contributed by atoms with E-state index in [4.69, 9.17) is 14.2 Å². The number of fused-ring (bicyclic) bond motifs is 1. The summed E-state index contributed by atoms with van der Waals surface area (Å²) in [5.74, 6) is 0.0161. The maximum atomic E-state index is 12.3. The fourth-order valence-corrected chi connectivity index (χ4v) is 2.90. The fraction of sp³-hybridized carbons (Fsp3) is 0.286. The largest absolute Gasteiger partial charge is 0.490 e. The summed E-state index contributed by atoms with van der Waals surface area (Å²) in [7, 11) is 0. The standard InChI is InChI=1S/C21H19BrO6/c22-16-5-2-14(3-6-16)17(23)7-9-21(25)28-13-18(24)15-4-8-19-20(12-15)27-11-1-10-26-19/h2-6,8,12H,1,7,9-11,13H2. The smallest absolute Gasteiger partial charge is 0.306 e. The van der Waals surface area contributed by atoms with Crippen LogP contribution in [0.1, 0.15) is 40.0 Å². The zero-order valence-corrected chi connectivity index (χ0v) is 16.7. The van der Waals surface area contributed by atoms with Gasteiger partial charge in [0.05, 0.1) is 19.6 Å². The molecule has 0 bridgehead atoms. The Morgan fingerprint density at radius 1 is 0.857 bits per heavy atom. The van der Waals surface area contributed by atoms with Gasteiger partial charge in [0, 0.05) is 28.4 Å². The molecule has 0 N–H and O–H groups in total. The first-order valence-corrected chi connectivity index (χ1v) is 9.69. The van der Waals surface area contributed by atoms with Crippen molar-refractivity contribution in [3.8, 4) is 11.5 Å². The topological polar surface area (TPSA) is 78.9 Å². The molecule has 0 amide bonds. The molecule has 0 atom stereocenters. The van der Waals surface area contributed by atoms with Gasteiger partial charge in [-0.15, -0.1) is 0 Å². The van der Waals surface area contributed by atoms with Crippen molar-refractivity contribution in [3.05, 3.63) is 58.1 Å². The summed E-state index contributed by atoms with van der Waals surface area (Å²) >= 11 is 3.30. The van der Waals surface area contributed by atoms with Crippen molar-refractivity contribution in [2.24, 2.45) is 0 Å². The molecule has 6 nitrogen and oxygen atoms in total. The number of carbonyl (C=O) groups is 3. The van der Waals surface area contributed by atoms with Crippen molar-refractivity contribution >= 4 is 33.5 Å². The van der Waals surface area contributed by atoms with Crippen molar-refractivity contribution in [1.82, 2.24) is 0 Å². The molecule has 0 fully saturated rings. The Bertz CT molecular complexity index is 875. The zero-order chi connectivity index (χ0) is 19.9. The first-order chi connectivity index (χ1) is 13.5. The van der Waals surface area contributed by atoms with E-state index in [1.165, 1.54) is 0 Å². The van der Waals surface area contributed by atoms with Gasteiger partial charge >= 0.3 is 5.97 Å². The van der Waals surface area contributed by atoms with Crippen LogP contribution >= 0.6 is 15.9 Å². The molecule has 146 valence electrons. The number of ketones is 2. The second-order valence-electron chi connectivity index (χ2n) is 6.23. The van der Waals surface area contributed by atoms with E-state index in [1.807, 2.05) is 0 Å². The molecule has 0 unspecified atom stereocenters. The van der Waals surface area contributed by atoms with Crippen molar-refractivity contribution < 1.29 is 28.6 Å². The van der Waals surface area contributed by atoms with E-state index in [9.17, 15) is 14.4 Å². The van der Waals surface area contributed by atoms with Gasteiger partial charge in [0.1, 0.15) is 0 Å². The van der Waals surface area contributed by atoms with E-state index in [0.717, 1.165) is 10.9 Å². The number of esters is 1. The number of halogens is 1. The number of ether oxygens (including phenoxy) is 3. The average molecular weight is 447 g/mol. The second kappa shape index (κ2) is 9.50. The van der Waals surface area contributed by atoms with Crippen molar-refractivity contribution in [2.75, 3.05) is 19.8 Å². The molecule has 0 saturated carbocycles. The molecule has 3 rings (SSSR count). The summed E-state index contributed by atoms with van der Waals surface area (Å²) in [6.45, 7) is 0.702. The minimum atomic E-state index is -0.590. The van der Waals surface area contributed by atoms with Crippen LogP contribution in [0, 0.1) is 0 Å². The SMILES string of the molecule is O=C(CCC(=O)c1ccc(Br)cc1)OCC(=O)c1ccc2c(c1)OCCCO2. The van der Waals surface area contributed by atoms with Crippen LogP contribution in [0.2, 0.25) is 0 Å². The Morgan fingerprint density at radius 3 is 2.29 bits per heavy atom. The molecular formula is C21H19BrO6. The molecule has 28 heavy (non-hydrogen) atoms. The van der Waals surface area contributed by atoms with Crippen LogP contribution in [0.25, 0.3) is 0 Å². The third-order valence-electron chi connectivity index (χ3n) is 4.16. The minimum Gasteiger partial charge on any atom is -0.490 e. The summed E-state index contributed by atoms with van der Waals surface area (Å²) < 4.78 is 17.0. The number of rotatable bonds is 7. The normalized spacial score (nSPS) is 12.8. The molecule has 0 aromatic heterocycles. The second-order valence-corrected chi connectivity index (χ2v) is 7.14. The highest BCUT2D eigenvalue weighted by Crippen LogP contribution is 2.30. The van der Waals surface area contributed by atoms with E-state index in [-0.39, 0.29) is 31.0 Å². The van der Waals surface area contributed by atoms with Gasteiger partial charge in [-0.25, -0.2) is 0 Å². The van der Waals surface area contributed by atoms with Gasteiger partial charge in [0.25, 0.3) is 0 Å². The maximum Gasteiger partial charge on any atom is 0.306 e. The molecule has 2 aromatic rings. The molecule has 0 radical (unpaired) electrons. The average Bonchev–Trinajstić information content (AvgIpc) is 2.95. The highest BCUT2D eigenvalue weighted by molar-refractivity contribution is 9.10. The van der Waals surface area contributed by atoms with Crippen molar-refractivity contribution in [2.45, 2.75) is 19.3 Å². The summed E-state index contributed by atoms with van der Waals surface area (Å²) in [4.78, 5) is 36.2. The van der Waals surface area contributed by atoms with Gasteiger partial charge in [-0.05, 0) is 30.3 Å². The highest BCUT2D eigenvalue weighted by atomic mass is 79.9. The van der Waals surface area contributed by atoms with E-state index in [0.29, 0.717) is 35.8 Å². The molecule has 0 spiro atoms. The number of hydrogen-bond donors (Lipinski definition) is 0. The molecule has 1 aliphatic heterocycles.